The first-order chi connectivity index (χ1) is 13.0. The fraction of sp³-hybridized carbons (Fsp3) is 0.556. The van der Waals surface area contributed by atoms with Crippen LogP contribution in [0.3, 0.4) is 0 Å². The summed E-state index contributed by atoms with van der Waals surface area (Å²) in [6.45, 7) is 1.94. The van der Waals surface area contributed by atoms with Gasteiger partial charge in [-0.15, -0.1) is 0 Å². The smallest absolute Gasteiger partial charge is 0.414 e. The van der Waals surface area contributed by atoms with E-state index in [0.29, 0.717) is 26.3 Å². The summed E-state index contributed by atoms with van der Waals surface area (Å²) >= 11 is 0. The van der Waals surface area contributed by atoms with Gasteiger partial charge in [0.1, 0.15) is 11.8 Å². The van der Waals surface area contributed by atoms with Gasteiger partial charge in [0.15, 0.2) is 11.6 Å². The van der Waals surface area contributed by atoms with E-state index in [9.17, 15) is 18.4 Å². The highest BCUT2D eigenvalue weighted by molar-refractivity contribution is 5.90. The molecule has 7 nitrogen and oxygen atoms in total. The van der Waals surface area contributed by atoms with E-state index in [0.717, 1.165) is 25.0 Å². The lowest BCUT2D eigenvalue weighted by molar-refractivity contribution is -0.122. The molecule has 2 saturated heterocycles. The number of cyclic esters (lactones) is 1. The molecule has 146 valence electrons. The standard InChI is InChI=1S/C18H21F2N3O4/c19-14-7-12(8-15(20)16(14)22-3-5-26-6-4-22)23-10-13(27-18(23)25)9-21-17(24)11-1-2-11/h7-8,11,13H,1-6,9-10H2,(H,21,24)/t13-/m0/s1. The SMILES string of the molecule is O=C(NC[C@H]1CN(c2cc(F)c(N3CCOCC3)c(F)c2)C(=O)O1)C1CC1. The number of morpholine rings is 1. The number of nitrogens with zero attached hydrogens (tertiary/aromatic N) is 2. The molecule has 2 amide bonds. The van der Waals surface area contributed by atoms with Crippen LogP contribution in [0.4, 0.5) is 25.0 Å². The quantitative estimate of drug-likeness (QED) is 0.840. The van der Waals surface area contributed by atoms with Crippen molar-refractivity contribution >= 4 is 23.4 Å². The predicted molar refractivity (Wildman–Crippen MR) is 92.7 cm³/mol. The lowest BCUT2D eigenvalue weighted by atomic mass is 10.2. The maximum Gasteiger partial charge on any atom is 0.414 e. The van der Waals surface area contributed by atoms with Crippen molar-refractivity contribution in [2.24, 2.45) is 5.92 Å². The molecule has 0 aromatic heterocycles. The summed E-state index contributed by atoms with van der Waals surface area (Å²) in [6, 6.07) is 2.28. The highest BCUT2D eigenvalue weighted by Crippen LogP contribution is 2.32. The molecule has 1 atom stereocenters. The molecule has 0 bridgehead atoms. The number of hydrogen-bond donors (Lipinski definition) is 1. The van der Waals surface area contributed by atoms with Crippen molar-refractivity contribution in [2.75, 3.05) is 49.2 Å². The van der Waals surface area contributed by atoms with Gasteiger partial charge in [0.2, 0.25) is 5.91 Å². The average molecular weight is 381 g/mol. The number of halogens is 2. The Morgan fingerprint density at radius 2 is 1.85 bits per heavy atom. The number of nitrogens with one attached hydrogen (secondary N) is 1. The number of carbonyl (C=O) groups excluding carboxylic acids is 2. The Balaban J connectivity index is 1.44. The molecule has 1 aliphatic carbocycles. The van der Waals surface area contributed by atoms with Crippen LogP contribution in [0.1, 0.15) is 12.8 Å². The summed E-state index contributed by atoms with van der Waals surface area (Å²) in [4.78, 5) is 26.6. The number of ether oxygens (including phenoxy) is 2. The number of hydrogen-bond acceptors (Lipinski definition) is 5. The number of amides is 2. The van der Waals surface area contributed by atoms with E-state index >= 15 is 0 Å². The second kappa shape index (κ2) is 7.30. The zero-order valence-electron chi connectivity index (χ0n) is 14.7. The van der Waals surface area contributed by atoms with Crippen molar-refractivity contribution in [3.8, 4) is 0 Å². The van der Waals surface area contributed by atoms with Crippen LogP contribution in [0.5, 0.6) is 0 Å². The fourth-order valence-corrected chi connectivity index (χ4v) is 3.34. The second-order valence-electron chi connectivity index (χ2n) is 6.99. The molecular weight excluding hydrogens is 360 g/mol. The number of rotatable bonds is 5. The normalized spacial score (nSPS) is 22.7. The fourth-order valence-electron chi connectivity index (χ4n) is 3.34. The Bertz CT molecular complexity index is 727. The first-order valence-electron chi connectivity index (χ1n) is 9.10. The van der Waals surface area contributed by atoms with Gasteiger partial charge >= 0.3 is 6.09 Å². The molecule has 4 rings (SSSR count). The van der Waals surface area contributed by atoms with E-state index in [1.807, 2.05) is 0 Å². The van der Waals surface area contributed by atoms with Crippen molar-refractivity contribution in [2.45, 2.75) is 18.9 Å². The summed E-state index contributed by atoms with van der Waals surface area (Å²) in [7, 11) is 0. The lowest BCUT2D eigenvalue weighted by Crippen LogP contribution is -2.37. The van der Waals surface area contributed by atoms with Gasteiger partial charge in [-0.1, -0.05) is 0 Å². The van der Waals surface area contributed by atoms with Crippen LogP contribution in [0.15, 0.2) is 12.1 Å². The summed E-state index contributed by atoms with van der Waals surface area (Å²) in [5, 5.41) is 2.74. The molecule has 3 aliphatic rings. The van der Waals surface area contributed by atoms with Crippen LogP contribution in [0, 0.1) is 17.6 Å². The van der Waals surface area contributed by atoms with Gasteiger partial charge in [-0.2, -0.15) is 0 Å². The molecule has 3 fully saturated rings. The molecule has 2 heterocycles. The van der Waals surface area contributed by atoms with E-state index in [-0.39, 0.29) is 36.3 Å². The Kier molecular flexibility index (Phi) is 4.86. The monoisotopic (exact) mass is 381 g/mol. The first-order valence-corrected chi connectivity index (χ1v) is 9.10. The summed E-state index contributed by atoms with van der Waals surface area (Å²) in [5.41, 5.74) is -0.00844. The Morgan fingerprint density at radius 1 is 1.19 bits per heavy atom. The maximum atomic E-state index is 14.6. The van der Waals surface area contributed by atoms with E-state index in [4.69, 9.17) is 9.47 Å². The van der Waals surface area contributed by atoms with Gasteiger partial charge in [0.25, 0.3) is 0 Å². The van der Waals surface area contributed by atoms with Crippen LogP contribution in [0.2, 0.25) is 0 Å². The zero-order valence-corrected chi connectivity index (χ0v) is 14.7. The van der Waals surface area contributed by atoms with Crippen molar-refractivity contribution in [3.05, 3.63) is 23.8 Å². The van der Waals surface area contributed by atoms with Gasteiger partial charge in [-0.3, -0.25) is 9.69 Å². The van der Waals surface area contributed by atoms with Crippen molar-refractivity contribution in [1.82, 2.24) is 5.32 Å². The van der Waals surface area contributed by atoms with E-state index in [1.54, 1.807) is 4.90 Å². The van der Waals surface area contributed by atoms with Crippen molar-refractivity contribution in [1.29, 1.82) is 0 Å². The molecule has 1 aromatic rings. The maximum absolute atomic E-state index is 14.6. The van der Waals surface area contributed by atoms with Crippen LogP contribution in [0.25, 0.3) is 0 Å². The van der Waals surface area contributed by atoms with Crippen molar-refractivity contribution in [3.63, 3.8) is 0 Å². The molecule has 27 heavy (non-hydrogen) atoms. The third kappa shape index (κ3) is 3.83. The van der Waals surface area contributed by atoms with Gasteiger partial charge in [-0.05, 0) is 12.8 Å². The minimum Gasteiger partial charge on any atom is -0.442 e. The van der Waals surface area contributed by atoms with E-state index < -0.39 is 23.8 Å². The zero-order chi connectivity index (χ0) is 19.0. The lowest BCUT2D eigenvalue weighted by Gasteiger charge is -2.29. The molecule has 2 aliphatic heterocycles. The van der Waals surface area contributed by atoms with Gasteiger partial charge in [-0.25, -0.2) is 13.6 Å². The van der Waals surface area contributed by atoms with E-state index in [1.165, 1.54) is 4.90 Å². The average Bonchev–Trinajstić information content (AvgIpc) is 3.43. The Hall–Kier alpha value is -2.42. The molecule has 1 N–H and O–H groups in total. The molecule has 9 heteroatoms. The van der Waals surface area contributed by atoms with E-state index in [2.05, 4.69) is 5.32 Å². The van der Waals surface area contributed by atoms with Crippen LogP contribution < -0.4 is 15.1 Å². The second-order valence-corrected chi connectivity index (χ2v) is 6.99. The Labute approximate surface area is 155 Å². The minimum atomic E-state index is -0.731. The minimum absolute atomic E-state index is 0.0450. The Morgan fingerprint density at radius 3 is 2.48 bits per heavy atom. The third-order valence-electron chi connectivity index (χ3n) is 4.97. The molecular formula is C18H21F2N3O4. The number of carbonyl (C=O) groups is 2. The predicted octanol–water partition coefficient (Wildman–Crippen LogP) is 1.65. The highest BCUT2D eigenvalue weighted by Gasteiger charge is 2.35. The molecule has 1 aromatic carbocycles. The van der Waals surface area contributed by atoms with Crippen LogP contribution in [-0.2, 0) is 14.3 Å². The molecule has 1 saturated carbocycles. The van der Waals surface area contributed by atoms with Crippen LogP contribution in [-0.4, -0.2) is 57.5 Å². The van der Waals surface area contributed by atoms with Crippen LogP contribution >= 0.6 is 0 Å². The van der Waals surface area contributed by atoms with Crippen molar-refractivity contribution < 1.29 is 27.8 Å². The summed E-state index contributed by atoms with van der Waals surface area (Å²) in [5.74, 6) is -1.44. The van der Waals surface area contributed by atoms with Gasteiger partial charge in [0, 0.05) is 31.1 Å². The van der Waals surface area contributed by atoms with Gasteiger partial charge < -0.3 is 19.7 Å². The molecule has 0 radical (unpaired) electrons. The van der Waals surface area contributed by atoms with Gasteiger partial charge in [0.05, 0.1) is 32.0 Å². The summed E-state index contributed by atoms with van der Waals surface area (Å²) < 4.78 is 39.5. The third-order valence-corrected chi connectivity index (χ3v) is 4.97. The molecule has 0 unspecified atom stereocenters. The number of benzene rings is 1. The molecule has 0 spiro atoms. The largest absolute Gasteiger partial charge is 0.442 e. The highest BCUT2D eigenvalue weighted by atomic mass is 19.1. The summed E-state index contributed by atoms with van der Waals surface area (Å²) in [6.07, 6.45) is 0.538. The first kappa shape index (κ1) is 18.0. The number of anilines is 2. The topological polar surface area (TPSA) is 71.1 Å².